The predicted molar refractivity (Wildman–Crippen MR) is 241 cm³/mol. The average molecular weight is 974 g/mol. The Morgan fingerprint density at radius 2 is 1.62 bits per heavy atom. The summed E-state index contributed by atoms with van der Waals surface area (Å²) in [6.45, 7) is 10.2. The lowest BCUT2D eigenvalue weighted by atomic mass is 9.77. The van der Waals surface area contributed by atoms with Crippen molar-refractivity contribution in [1.82, 2.24) is 9.30 Å². The maximum absolute atomic E-state index is 13.9. The molecule has 0 fully saturated rings. The van der Waals surface area contributed by atoms with Crippen LogP contribution in [0.1, 0.15) is 96.5 Å². The molecule has 1 aromatic rings. The molecule has 0 saturated carbocycles. The van der Waals surface area contributed by atoms with Crippen molar-refractivity contribution in [2.45, 2.75) is 100 Å². The molecule has 356 valence electrons. The minimum absolute atomic E-state index is 0.00486. The molecule has 22 heteroatoms. The summed E-state index contributed by atoms with van der Waals surface area (Å²) < 4.78 is 146. The first-order valence-electron chi connectivity index (χ1n) is 20.7. The van der Waals surface area contributed by atoms with Crippen LogP contribution in [-0.2, 0) is 60.7 Å². The van der Waals surface area contributed by atoms with Crippen LogP contribution in [-0.4, -0.2) is 110 Å². The number of nitrogens with one attached hydrogen (secondary N) is 1. The molecule has 1 unspecified atom stereocenters. The standard InChI is InChI=1S/C42H59N3O15S4/c1-7-44(21-13-25-62(51,52)53)36-29-37-32(28-38(36)63(54,55)43-20-23-59-6)33(41(2,3)4)26-30(60-37)14-11-15-39-42(5,19-12-24-61(48,49)50)34-27-31(64(56,57)58)17-18-35(34)45(39)22-10-8-9-16-40(46)47/h11,14-15,17-18,26-29,43H,7-10,12-13,16,19-25H2,1-6H3,(H3-,46,47,48,49,50,51,52,53,56,57,58). The summed E-state index contributed by atoms with van der Waals surface area (Å²) in [5.74, 6) is -1.41. The number of benzene rings is 2. The molecular weight excluding hydrogens is 915 g/mol. The van der Waals surface area contributed by atoms with Crippen molar-refractivity contribution in [2.75, 3.05) is 56.3 Å². The Labute approximate surface area is 376 Å². The van der Waals surface area contributed by atoms with Crippen LogP contribution in [0.2, 0.25) is 0 Å². The quantitative estimate of drug-likeness (QED) is 0.0575. The van der Waals surface area contributed by atoms with E-state index in [2.05, 4.69) is 4.72 Å². The first-order valence-corrected chi connectivity index (χ1v) is 26.8. The van der Waals surface area contributed by atoms with Crippen LogP contribution in [0.4, 0.5) is 5.69 Å². The topological polar surface area (TPSA) is 278 Å². The number of fused-ring (bicyclic) bond motifs is 2. The highest BCUT2D eigenvalue weighted by atomic mass is 32.2. The zero-order chi connectivity index (χ0) is 47.9. The highest BCUT2D eigenvalue weighted by molar-refractivity contribution is 7.89. The highest BCUT2D eigenvalue weighted by Crippen LogP contribution is 2.51. The minimum Gasteiger partial charge on any atom is -0.744 e. The van der Waals surface area contributed by atoms with Gasteiger partial charge < -0.3 is 23.7 Å². The number of rotatable bonds is 23. The number of anilines is 1. The number of carbonyl (C=O) groups is 1. The van der Waals surface area contributed by atoms with Gasteiger partial charge in [0.2, 0.25) is 15.4 Å². The molecule has 0 radical (unpaired) electrons. The summed E-state index contributed by atoms with van der Waals surface area (Å²) in [7, 11) is -16.3. The molecule has 2 aliphatic heterocycles. The minimum atomic E-state index is -4.90. The average Bonchev–Trinajstić information content (AvgIpc) is 3.39. The molecule has 64 heavy (non-hydrogen) atoms. The van der Waals surface area contributed by atoms with Crippen molar-refractivity contribution in [3.8, 4) is 11.3 Å². The maximum Gasteiger partial charge on any atom is 0.303 e. The monoisotopic (exact) mass is 973 g/mol. The zero-order valence-corrected chi connectivity index (χ0v) is 40.1. The second-order valence-electron chi connectivity index (χ2n) is 16.9. The summed E-state index contributed by atoms with van der Waals surface area (Å²) in [6, 6.07) is 8.86. The lowest BCUT2D eigenvalue weighted by molar-refractivity contribution is -0.137. The summed E-state index contributed by atoms with van der Waals surface area (Å²) >= 11 is 0. The Kier molecular flexibility index (Phi) is 17.3. The van der Waals surface area contributed by atoms with Crippen LogP contribution in [0.5, 0.6) is 0 Å². The number of sulfonamides is 1. The number of hydrogen-bond donors (Lipinski definition) is 4. The molecule has 18 nitrogen and oxygen atoms in total. The molecule has 0 bridgehead atoms. The van der Waals surface area contributed by atoms with Crippen molar-refractivity contribution in [2.24, 2.45) is 0 Å². The SMILES string of the molecule is CC[N+](CCCS(=O)(=O)O)=c1cc2oc(/C=C/C=C3/N(CCCCCC(=O)O)c4ccc(S(=O)(=O)[O-])cc4C3(C)CCCS(=O)(=O)O)cc(C(C)(C)C)c-2cc1S(=O)(=O)NCCOC. The fourth-order valence-corrected chi connectivity index (χ4v) is 10.6. The van der Waals surface area contributed by atoms with E-state index in [9.17, 15) is 52.1 Å². The Morgan fingerprint density at radius 1 is 0.953 bits per heavy atom. The van der Waals surface area contributed by atoms with Crippen LogP contribution in [0.3, 0.4) is 0 Å². The number of methoxy groups -OCH3 is 1. The van der Waals surface area contributed by atoms with Crippen molar-refractivity contribution in [3.05, 3.63) is 76.5 Å². The van der Waals surface area contributed by atoms with Crippen LogP contribution < -0.4 is 19.6 Å². The molecule has 1 atom stereocenters. The van der Waals surface area contributed by atoms with E-state index in [0.717, 1.165) is 0 Å². The summed E-state index contributed by atoms with van der Waals surface area (Å²) in [5.41, 5.74) is 1.16. The van der Waals surface area contributed by atoms with Crippen molar-refractivity contribution < 1.29 is 66.4 Å². The van der Waals surface area contributed by atoms with Gasteiger partial charge in [-0.1, -0.05) is 33.3 Å². The molecule has 0 amide bonds. The van der Waals surface area contributed by atoms with E-state index in [1.807, 2.05) is 25.7 Å². The van der Waals surface area contributed by atoms with Crippen LogP contribution >= 0.6 is 0 Å². The molecule has 1 aliphatic carbocycles. The number of carboxylic acid groups (broad SMARTS) is 1. The molecule has 0 saturated heterocycles. The third kappa shape index (κ3) is 14.0. The number of unbranched alkanes of at least 4 members (excludes halogenated alkanes) is 2. The highest BCUT2D eigenvalue weighted by Gasteiger charge is 2.43. The first kappa shape index (κ1) is 52.6. The number of ether oxygens (including phenoxy) is 1. The fourth-order valence-electron chi connectivity index (χ4n) is 7.88. The van der Waals surface area contributed by atoms with E-state index in [1.54, 1.807) is 48.8 Å². The van der Waals surface area contributed by atoms with Gasteiger partial charge in [-0.25, -0.2) is 26.1 Å². The van der Waals surface area contributed by atoms with E-state index < -0.39 is 73.6 Å². The van der Waals surface area contributed by atoms with Gasteiger partial charge in [-0.3, -0.25) is 13.9 Å². The lowest BCUT2D eigenvalue weighted by Gasteiger charge is -2.30. The molecular formula is C42H59N3O15S4. The van der Waals surface area contributed by atoms with E-state index in [1.165, 1.54) is 31.4 Å². The van der Waals surface area contributed by atoms with Crippen molar-refractivity contribution >= 4 is 58.1 Å². The van der Waals surface area contributed by atoms with Gasteiger partial charge in [0.1, 0.15) is 34.7 Å². The van der Waals surface area contributed by atoms with Crippen LogP contribution in [0.25, 0.3) is 17.4 Å². The second-order valence-corrected chi connectivity index (χ2v) is 23.1. The summed E-state index contributed by atoms with van der Waals surface area (Å²) in [5, 5.41) is 9.39. The van der Waals surface area contributed by atoms with Crippen LogP contribution in [0.15, 0.2) is 68.5 Å². The third-order valence-corrected chi connectivity index (χ3v) is 14.9. The number of allylic oxidation sites excluding steroid dienone is 3. The molecule has 2 heterocycles. The molecule has 0 aromatic heterocycles. The lowest BCUT2D eigenvalue weighted by Crippen LogP contribution is -2.39. The second kappa shape index (κ2) is 21.1. The smallest absolute Gasteiger partial charge is 0.303 e. The van der Waals surface area contributed by atoms with Gasteiger partial charge in [0.05, 0.1) is 29.1 Å². The fraction of sp³-hybridized carbons (Fsp3) is 0.524. The Morgan fingerprint density at radius 3 is 2.22 bits per heavy atom. The van der Waals surface area contributed by atoms with Gasteiger partial charge >= 0.3 is 5.97 Å². The van der Waals surface area contributed by atoms with E-state index >= 15 is 0 Å². The van der Waals surface area contributed by atoms with Gasteiger partial charge in [-0.05, 0) is 98.6 Å². The van der Waals surface area contributed by atoms with Gasteiger partial charge in [-0.15, -0.1) is 0 Å². The summed E-state index contributed by atoms with van der Waals surface area (Å²) in [4.78, 5) is 12.5. The largest absolute Gasteiger partial charge is 0.744 e. The molecule has 1 aromatic carbocycles. The number of aliphatic carboxylic acids is 1. The molecule has 0 spiro atoms. The van der Waals surface area contributed by atoms with E-state index in [-0.39, 0.29) is 62.2 Å². The Balaban J connectivity index is 1.96. The predicted octanol–water partition coefficient (Wildman–Crippen LogP) is 4.57. The van der Waals surface area contributed by atoms with Crippen molar-refractivity contribution in [1.29, 1.82) is 0 Å². The van der Waals surface area contributed by atoms with Crippen molar-refractivity contribution in [3.63, 3.8) is 0 Å². The Bertz CT molecular complexity index is 2740. The zero-order valence-electron chi connectivity index (χ0n) is 36.9. The maximum atomic E-state index is 13.9. The summed E-state index contributed by atoms with van der Waals surface area (Å²) in [6.07, 6.45) is 6.64. The van der Waals surface area contributed by atoms with E-state index in [4.69, 9.17) is 14.3 Å². The van der Waals surface area contributed by atoms with Gasteiger partial charge in [0.25, 0.3) is 20.2 Å². The molecule has 3 aliphatic rings. The number of nitrogens with zero attached hydrogens (tertiary/aromatic N) is 2. The van der Waals surface area contributed by atoms with Gasteiger partial charge in [0, 0.05) is 55.4 Å². The van der Waals surface area contributed by atoms with E-state index in [0.29, 0.717) is 65.4 Å². The van der Waals surface area contributed by atoms with Gasteiger partial charge in [0.15, 0.2) is 4.90 Å². The molecule has 4 N–H and O–H groups in total. The first-order chi connectivity index (χ1) is 29.6. The van der Waals surface area contributed by atoms with Gasteiger partial charge in [-0.2, -0.15) is 16.8 Å². The third-order valence-electron chi connectivity index (χ3n) is 11.0. The number of carboxylic acids is 1. The normalized spacial score (nSPS) is 17.5. The number of hydrogen-bond acceptors (Lipinski definition) is 13. The Hall–Kier alpha value is -4.00. The van der Waals surface area contributed by atoms with Crippen LogP contribution in [0, 0.1) is 0 Å². The molecule has 4 rings (SSSR count).